The van der Waals surface area contributed by atoms with E-state index in [1.54, 1.807) is 6.07 Å². The minimum absolute atomic E-state index is 0.000760. The fourth-order valence-corrected chi connectivity index (χ4v) is 1.90. The van der Waals surface area contributed by atoms with E-state index >= 15 is 0 Å². The van der Waals surface area contributed by atoms with Crippen molar-refractivity contribution in [3.05, 3.63) is 63.3 Å². The van der Waals surface area contributed by atoms with E-state index in [2.05, 4.69) is 15.3 Å². The van der Waals surface area contributed by atoms with Crippen molar-refractivity contribution in [2.45, 2.75) is 13.0 Å². The monoisotopic (exact) mass is 304 g/mol. The SMILES string of the molecule is CC(NC(=O)c1ccc(C#N)[nH]c1=O)c1c(F)cncc1F. The first-order chi connectivity index (χ1) is 10.4. The van der Waals surface area contributed by atoms with Crippen LogP contribution in [0.25, 0.3) is 0 Å². The van der Waals surface area contributed by atoms with E-state index in [1.807, 2.05) is 0 Å². The molecular weight excluding hydrogens is 294 g/mol. The van der Waals surface area contributed by atoms with Crippen LogP contribution < -0.4 is 10.9 Å². The zero-order chi connectivity index (χ0) is 16.3. The number of H-pyrrole nitrogens is 1. The summed E-state index contributed by atoms with van der Waals surface area (Å²) in [5, 5.41) is 11.0. The maximum Gasteiger partial charge on any atom is 0.261 e. The van der Waals surface area contributed by atoms with Crippen molar-refractivity contribution in [2.75, 3.05) is 0 Å². The summed E-state index contributed by atoms with van der Waals surface area (Å²) < 4.78 is 27.1. The van der Waals surface area contributed by atoms with Crippen molar-refractivity contribution in [3.8, 4) is 6.07 Å². The number of carbonyl (C=O) groups is 1. The third-order valence-electron chi connectivity index (χ3n) is 2.95. The second-order valence-corrected chi connectivity index (χ2v) is 4.44. The molecule has 8 heteroatoms. The molecule has 6 nitrogen and oxygen atoms in total. The first-order valence-corrected chi connectivity index (χ1v) is 6.17. The van der Waals surface area contributed by atoms with Gasteiger partial charge in [-0.2, -0.15) is 5.26 Å². The largest absolute Gasteiger partial charge is 0.345 e. The number of hydrogen-bond acceptors (Lipinski definition) is 4. The van der Waals surface area contributed by atoms with Gasteiger partial charge in [0.1, 0.15) is 29.0 Å². The summed E-state index contributed by atoms with van der Waals surface area (Å²) in [7, 11) is 0. The van der Waals surface area contributed by atoms with Crippen LogP contribution in [-0.4, -0.2) is 15.9 Å². The summed E-state index contributed by atoms with van der Waals surface area (Å²) >= 11 is 0. The number of amides is 1. The molecule has 0 radical (unpaired) electrons. The molecule has 0 saturated carbocycles. The minimum Gasteiger partial charge on any atom is -0.345 e. The lowest BCUT2D eigenvalue weighted by molar-refractivity contribution is 0.0937. The van der Waals surface area contributed by atoms with Crippen molar-refractivity contribution in [3.63, 3.8) is 0 Å². The van der Waals surface area contributed by atoms with Crippen LogP contribution in [-0.2, 0) is 0 Å². The molecule has 2 aromatic heterocycles. The molecule has 2 rings (SSSR count). The van der Waals surface area contributed by atoms with Crippen LogP contribution in [0.4, 0.5) is 8.78 Å². The molecule has 2 N–H and O–H groups in total. The van der Waals surface area contributed by atoms with Gasteiger partial charge in [-0.15, -0.1) is 0 Å². The normalized spacial score (nSPS) is 11.5. The molecule has 0 fully saturated rings. The van der Waals surface area contributed by atoms with Crippen molar-refractivity contribution in [2.24, 2.45) is 0 Å². The van der Waals surface area contributed by atoms with Gasteiger partial charge in [0.05, 0.1) is 18.4 Å². The summed E-state index contributed by atoms with van der Waals surface area (Å²) in [4.78, 5) is 29.2. The van der Waals surface area contributed by atoms with Crippen LogP contribution in [0, 0.1) is 23.0 Å². The van der Waals surface area contributed by atoms with Crippen molar-refractivity contribution >= 4 is 5.91 Å². The fourth-order valence-electron chi connectivity index (χ4n) is 1.90. The molecule has 0 aliphatic heterocycles. The van der Waals surface area contributed by atoms with Crippen molar-refractivity contribution < 1.29 is 13.6 Å². The van der Waals surface area contributed by atoms with Gasteiger partial charge in [-0.1, -0.05) is 0 Å². The molecule has 0 aliphatic carbocycles. The van der Waals surface area contributed by atoms with Crippen LogP contribution in [0.3, 0.4) is 0 Å². The quantitative estimate of drug-likeness (QED) is 0.895. The molecule has 0 saturated heterocycles. The van der Waals surface area contributed by atoms with Gasteiger partial charge in [-0.25, -0.2) is 8.78 Å². The average molecular weight is 304 g/mol. The lowest BCUT2D eigenvalue weighted by atomic mass is 10.1. The van der Waals surface area contributed by atoms with E-state index < -0.39 is 29.1 Å². The van der Waals surface area contributed by atoms with Crippen LogP contribution in [0.5, 0.6) is 0 Å². The molecule has 1 unspecified atom stereocenters. The Labute approximate surface area is 123 Å². The van der Waals surface area contributed by atoms with Gasteiger partial charge in [0, 0.05) is 5.56 Å². The van der Waals surface area contributed by atoms with Crippen LogP contribution in [0.2, 0.25) is 0 Å². The van der Waals surface area contributed by atoms with E-state index in [0.29, 0.717) is 0 Å². The van der Waals surface area contributed by atoms with E-state index in [4.69, 9.17) is 5.26 Å². The predicted molar refractivity (Wildman–Crippen MR) is 71.8 cm³/mol. The number of nitrogens with zero attached hydrogens (tertiary/aromatic N) is 2. The highest BCUT2D eigenvalue weighted by Gasteiger charge is 2.20. The smallest absolute Gasteiger partial charge is 0.261 e. The Kier molecular flexibility index (Phi) is 4.27. The van der Waals surface area contributed by atoms with Gasteiger partial charge >= 0.3 is 0 Å². The Balaban J connectivity index is 2.26. The number of nitriles is 1. The van der Waals surface area contributed by atoms with E-state index in [0.717, 1.165) is 12.4 Å². The van der Waals surface area contributed by atoms with Gasteiger partial charge < -0.3 is 10.3 Å². The standard InChI is InChI=1S/C14H10F2N4O2/c1-7(12-10(15)5-18-6-11(12)16)19-13(21)9-3-2-8(4-17)20-14(9)22/h2-3,5-7H,1H3,(H,19,21)(H,20,22). The predicted octanol–water partition coefficient (Wildman–Crippen LogP) is 1.41. The van der Waals surface area contributed by atoms with E-state index in [-0.39, 0.29) is 16.8 Å². The second kappa shape index (κ2) is 6.13. The minimum atomic E-state index is -1.01. The number of aromatic amines is 1. The van der Waals surface area contributed by atoms with Gasteiger partial charge in [0.15, 0.2) is 0 Å². The number of pyridine rings is 2. The molecule has 0 aromatic carbocycles. The second-order valence-electron chi connectivity index (χ2n) is 4.44. The summed E-state index contributed by atoms with van der Waals surface area (Å²) in [5.74, 6) is -2.61. The number of halogens is 2. The van der Waals surface area contributed by atoms with E-state index in [9.17, 15) is 18.4 Å². The van der Waals surface area contributed by atoms with Crippen LogP contribution in [0.1, 0.15) is 34.6 Å². The molecule has 0 spiro atoms. The topological polar surface area (TPSA) is 98.6 Å². The maximum absolute atomic E-state index is 13.6. The van der Waals surface area contributed by atoms with Crippen molar-refractivity contribution in [1.29, 1.82) is 5.26 Å². The first-order valence-electron chi connectivity index (χ1n) is 6.17. The Hall–Kier alpha value is -3.08. The highest BCUT2D eigenvalue weighted by atomic mass is 19.1. The number of nitrogens with one attached hydrogen (secondary N) is 2. The van der Waals surface area contributed by atoms with Gasteiger partial charge in [0.2, 0.25) is 0 Å². The molecule has 0 aliphatic rings. The van der Waals surface area contributed by atoms with E-state index in [1.165, 1.54) is 19.1 Å². The summed E-state index contributed by atoms with van der Waals surface area (Å²) in [6.07, 6.45) is 1.66. The van der Waals surface area contributed by atoms with Gasteiger partial charge in [-0.3, -0.25) is 14.6 Å². The Morgan fingerprint density at radius 3 is 2.55 bits per heavy atom. The zero-order valence-electron chi connectivity index (χ0n) is 11.4. The third-order valence-corrected chi connectivity index (χ3v) is 2.95. The molecule has 22 heavy (non-hydrogen) atoms. The van der Waals surface area contributed by atoms with Crippen LogP contribution in [0.15, 0.2) is 29.3 Å². The van der Waals surface area contributed by atoms with Crippen LogP contribution >= 0.6 is 0 Å². The summed E-state index contributed by atoms with van der Waals surface area (Å²) in [5.41, 5.74) is -1.38. The molecular formula is C14H10F2N4O2. The van der Waals surface area contributed by atoms with Gasteiger partial charge in [-0.05, 0) is 19.1 Å². The molecule has 2 aromatic rings. The highest BCUT2D eigenvalue weighted by Crippen LogP contribution is 2.19. The van der Waals surface area contributed by atoms with Gasteiger partial charge in [0.25, 0.3) is 11.5 Å². The number of hydrogen-bond donors (Lipinski definition) is 2. The maximum atomic E-state index is 13.6. The average Bonchev–Trinajstić information content (AvgIpc) is 2.46. The fraction of sp³-hybridized carbons (Fsp3) is 0.143. The summed E-state index contributed by atoms with van der Waals surface area (Å²) in [6, 6.07) is 3.14. The Bertz CT molecular complexity index is 806. The molecule has 2 heterocycles. The molecule has 1 atom stereocenters. The Morgan fingerprint density at radius 1 is 1.36 bits per heavy atom. The lowest BCUT2D eigenvalue weighted by Gasteiger charge is -2.15. The Morgan fingerprint density at radius 2 is 2.00 bits per heavy atom. The first kappa shape index (κ1) is 15.3. The summed E-state index contributed by atoms with van der Waals surface area (Å²) in [6.45, 7) is 1.37. The molecule has 0 bridgehead atoms. The third kappa shape index (κ3) is 2.98. The number of rotatable bonds is 3. The number of carbonyl (C=O) groups excluding carboxylic acids is 1. The highest BCUT2D eigenvalue weighted by molar-refractivity contribution is 5.94. The lowest BCUT2D eigenvalue weighted by Crippen LogP contribution is -2.32. The number of aromatic nitrogens is 2. The molecule has 112 valence electrons. The van der Waals surface area contributed by atoms with Crippen molar-refractivity contribution in [1.82, 2.24) is 15.3 Å². The zero-order valence-corrected chi connectivity index (χ0v) is 11.4. The molecule has 1 amide bonds.